The molecule has 116 valence electrons. The average Bonchev–Trinajstić information content (AvgIpc) is 2.87. The van der Waals surface area contributed by atoms with Gasteiger partial charge >= 0.3 is 5.69 Å². The molecule has 2 aliphatic rings. The molecule has 0 radical (unpaired) electrons. The highest BCUT2D eigenvalue weighted by Gasteiger charge is 2.54. The standard InChI is InChI=1S/C13H17BrN2O5/c1-13(2)20-9-6(5-17)3-8(10(9)21-13)16-4-7(14)11(18)15-12(16)19/h4,6,8-10,17H,3,5H2,1-2H3,(H,15,18,19)/t6-,8-,9+,10?/m1/s1. The Balaban J connectivity index is 2.01. The van der Waals surface area contributed by atoms with Crippen molar-refractivity contribution >= 4 is 15.9 Å². The predicted molar refractivity (Wildman–Crippen MR) is 77.1 cm³/mol. The molecule has 7 nitrogen and oxygen atoms in total. The van der Waals surface area contributed by atoms with Gasteiger partial charge in [0.2, 0.25) is 0 Å². The van der Waals surface area contributed by atoms with E-state index in [0.717, 1.165) is 0 Å². The van der Waals surface area contributed by atoms with Crippen molar-refractivity contribution in [3.63, 3.8) is 0 Å². The number of aromatic nitrogens is 2. The van der Waals surface area contributed by atoms with Gasteiger partial charge in [0.15, 0.2) is 5.79 Å². The van der Waals surface area contributed by atoms with Crippen LogP contribution in [0.4, 0.5) is 0 Å². The molecule has 1 saturated carbocycles. The summed E-state index contributed by atoms with van der Waals surface area (Å²) in [5.41, 5.74) is -0.952. The number of halogens is 1. The van der Waals surface area contributed by atoms with Gasteiger partial charge in [-0.1, -0.05) is 0 Å². The summed E-state index contributed by atoms with van der Waals surface area (Å²) in [7, 11) is 0. The normalized spacial score (nSPS) is 34.1. The molecular formula is C13H17BrN2O5. The number of aliphatic hydroxyl groups excluding tert-OH is 1. The number of ether oxygens (including phenoxy) is 2. The maximum atomic E-state index is 12.1. The van der Waals surface area contributed by atoms with Crippen LogP contribution in [0.2, 0.25) is 0 Å². The van der Waals surface area contributed by atoms with Crippen LogP contribution in [0.25, 0.3) is 0 Å². The molecule has 2 fully saturated rings. The summed E-state index contributed by atoms with van der Waals surface area (Å²) < 4.78 is 13.5. The van der Waals surface area contributed by atoms with E-state index >= 15 is 0 Å². The van der Waals surface area contributed by atoms with Crippen LogP contribution in [-0.4, -0.2) is 39.3 Å². The maximum Gasteiger partial charge on any atom is 0.328 e. The average molecular weight is 361 g/mol. The van der Waals surface area contributed by atoms with Gasteiger partial charge in [0.1, 0.15) is 6.10 Å². The van der Waals surface area contributed by atoms with Gasteiger partial charge in [-0.05, 0) is 36.2 Å². The minimum absolute atomic E-state index is 0.0314. The zero-order valence-corrected chi connectivity index (χ0v) is 13.3. The fourth-order valence-electron chi connectivity index (χ4n) is 3.22. The maximum absolute atomic E-state index is 12.1. The second-order valence-electron chi connectivity index (χ2n) is 5.95. The number of hydrogen-bond donors (Lipinski definition) is 2. The molecule has 1 aliphatic carbocycles. The largest absolute Gasteiger partial charge is 0.396 e. The third-order valence-electron chi connectivity index (χ3n) is 4.07. The van der Waals surface area contributed by atoms with Gasteiger partial charge in [-0.15, -0.1) is 0 Å². The fourth-order valence-corrected chi connectivity index (χ4v) is 3.53. The zero-order valence-electron chi connectivity index (χ0n) is 11.7. The molecule has 2 heterocycles. The topological polar surface area (TPSA) is 93.5 Å². The van der Waals surface area contributed by atoms with Crippen LogP contribution in [0.3, 0.4) is 0 Å². The number of fused-ring (bicyclic) bond motifs is 1. The Morgan fingerprint density at radius 1 is 1.43 bits per heavy atom. The van der Waals surface area contributed by atoms with Gasteiger partial charge in [-0.2, -0.15) is 0 Å². The van der Waals surface area contributed by atoms with Crippen molar-refractivity contribution in [2.45, 2.75) is 44.3 Å². The van der Waals surface area contributed by atoms with Crippen LogP contribution in [0, 0.1) is 5.92 Å². The van der Waals surface area contributed by atoms with Gasteiger partial charge in [-0.25, -0.2) is 4.79 Å². The molecule has 8 heteroatoms. The van der Waals surface area contributed by atoms with E-state index in [4.69, 9.17) is 9.47 Å². The number of nitrogens with zero attached hydrogens (tertiary/aromatic N) is 1. The van der Waals surface area contributed by atoms with Crippen molar-refractivity contribution in [2.24, 2.45) is 5.92 Å². The second-order valence-corrected chi connectivity index (χ2v) is 6.81. The van der Waals surface area contributed by atoms with Crippen LogP contribution in [0.1, 0.15) is 26.3 Å². The second kappa shape index (κ2) is 5.05. The Morgan fingerprint density at radius 3 is 2.76 bits per heavy atom. The summed E-state index contributed by atoms with van der Waals surface area (Å²) in [5, 5.41) is 9.53. The van der Waals surface area contributed by atoms with Crippen molar-refractivity contribution in [3.05, 3.63) is 31.5 Å². The van der Waals surface area contributed by atoms with Crippen molar-refractivity contribution in [1.82, 2.24) is 9.55 Å². The molecule has 0 bridgehead atoms. The van der Waals surface area contributed by atoms with E-state index in [2.05, 4.69) is 20.9 Å². The van der Waals surface area contributed by atoms with Crippen molar-refractivity contribution in [1.29, 1.82) is 0 Å². The molecule has 0 amide bonds. The van der Waals surface area contributed by atoms with E-state index in [0.29, 0.717) is 6.42 Å². The highest BCUT2D eigenvalue weighted by Crippen LogP contribution is 2.46. The first kappa shape index (κ1) is 15.0. The summed E-state index contributed by atoms with van der Waals surface area (Å²) in [6.07, 6.45) is 1.44. The van der Waals surface area contributed by atoms with E-state index in [9.17, 15) is 14.7 Å². The number of nitrogens with one attached hydrogen (secondary N) is 1. The molecular weight excluding hydrogens is 344 g/mol. The van der Waals surface area contributed by atoms with E-state index in [-0.39, 0.29) is 35.2 Å². The van der Waals surface area contributed by atoms with E-state index < -0.39 is 17.0 Å². The third kappa shape index (κ3) is 2.50. The quantitative estimate of drug-likeness (QED) is 0.794. The molecule has 0 spiro atoms. The summed E-state index contributed by atoms with van der Waals surface area (Å²) in [4.78, 5) is 25.8. The Morgan fingerprint density at radius 2 is 2.10 bits per heavy atom. The highest BCUT2D eigenvalue weighted by atomic mass is 79.9. The fraction of sp³-hybridized carbons (Fsp3) is 0.692. The third-order valence-corrected chi connectivity index (χ3v) is 4.63. The number of rotatable bonds is 2. The molecule has 1 unspecified atom stereocenters. The van der Waals surface area contributed by atoms with Gasteiger partial charge in [0, 0.05) is 18.7 Å². The Bertz CT molecular complexity index is 667. The molecule has 1 saturated heterocycles. The van der Waals surface area contributed by atoms with Gasteiger partial charge in [-0.3, -0.25) is 14.3 Å². The van der Waals surface area contributed by atoms with Gasteiger partial charge < -0.3 is 14.6 Å². The lowest BCUT2D eigenvalue weighted by Gasteiger charge is -2.24. The SMILES string of the molecule is CC1(C)OC2[C@@H](O1)[C@@H](CO)C[C@H]2n1cc(Br)c(=O)[nH]c1=O. The summed E-state index contributed by atoms with van der Waals surface area (Å²) in [5.74, 6) is -0.843. The lowest BCUT2D eigenvalue weighted by molar-refractivity contribution is -0.161. The Labute approximate surface area is 129 Å². The summed E-state index contributed by atoms with van der Waals surface area (Å²) in [6.45, 7) is 3.58. The molecule has 1 aromatic rings. The van der Waals surface area contributed by atoms with E-state index in [1.807, 2.05) is 13.8 Å². The minimum atomic E-state index is -0.746. The van der Waals surface area contributed by atoms with Crippen LogP contribution in [0.5, 0.6) is 0 Å². The predicted octanol–water partition coefficient (Wildman–Crippen LogP) is 0.372. The molecule has 2 N–H and O–H groups in total. The smallest absolute Gasteiger partial charge is 0.328 e. The minimum Gasteiger partial charge on any atom is -0.396 e. The molecule has 0 aromatic carbocycles. The van der Waals surface area contributed by atoms with Crippen LogP contribution >= 0.6 is 15.9 Å². The lowest BCUT2D eigenvalue weighted by Crippen LogP contribution is -2.37. The lowest BCUT2D eigenvalue weighted by atomic mass is 10.1. The van der Waals surface area contributed by atoms with Crippen LogP contribution in [0.15, 0.2) is 20.3 Å². The first-order valence-corrected chi connectivity index (χ1v) is 7.59. The van der Waals surface area contributed by atoms with Crippen LogP contribution in [-0.2, 0) is 9.47 Å². The zero-order chi connectivity index (χ0) is 15.4. The molecule has 3 rings (SSSR count). The number of aromatic amines is 1. The number of hydrogen-bond acceptors (Lipinski definition) is 5. The Hall–Kier alpha value is -0.960. The molecule has 1 aliphatic heterocycles. The Kier molecular flexibility index (Phi) is 3.59. The van der Waals surface area contributed by atoms with Crippen LogP contribution < -0.4 is 11.2 Å². The van der Waals surface area contributed by atoms with Gasteiger partial charge in [0.25, 0.3) is 5.56 Å². The molecule has 4 atom stereocenters. The van der Waals surface area contributed by atoms with Crippen molar-refractivity contribution in [3.8, 4) is 0 Å². The van der Waals surface area contributed by atoms with E-state index in [1.54, 1.807) is 0 Å². The molecule has 1 aromatic heterocycles. The molecule has 21 heavy (non-hydrogen) atoms. The first-order chi connectivity index (χ1) is 9.82. The monoisotopic (exact) mass is 360 g/mol. The van der Waals surface area contributed by atoms with Crippen molar-refractivity contribution < 1.29 is 14.6 Å². The number of H-pyrrole nitrogens is 1. The van der Waals surface area contributed by atoms with E-state index in [1.165, 1.54) is 10.8 Å². The van der Waals surface area contributed by atoms with Gasteiger partial charge in [0.05, 0.1) is 16.6 Å². The van der Waals surface area contributed by atoms with Crippen molar-refractivity contribution in [2.75, 3.05) is 6.61 Å². The first-order valence-electron chi connectivity index (χ1n) is 6.80. The summed E-state index contributed by atoms with van der Waals surface area (Å²) >= 11 is 3.13. The summed E-state index contributed by atoms with van der Waals surface area (Å²) in [6, 6.07) is -0.283. The number of aliphatic hydroxyl groups is 1. The highest BCUT2D eigenvalue weighted by molar-refractivity contribution is 9.10.